The van der Waals surface area contributed by atoms with Gasteiger partial charge in [-0.15, -0.1) is 0 Å². The summed E-state index contributed by atoms with van der Waals surface area (Å²) < 4.78 is 1.21. The lowest BCUT2D eigenvalue weighted by atomic mass is 9.69. The number of rotatable bonds is 2. The van der Waals surface area contributed by atoms with Crippen molar-refractivity contribution in [2.75, 3.05) is 0 Å². The first-order valence-electron chi connectivity index (χ1n) is 4.85. The number of hydrogen-bond acceptors (Lipinski definition) is 0. The molecule has 0 radical (unpaired) electrons. The van der Waals surface area contributed by atoms with E-state index in [2.05, 4.69) is 55.7 Å². The highest BCUT2D eigenvalue weighted by molar-refractivity contribution is 9.10. The standard InChI is InChI=1S/C11H16BBr/c1-7(2)10-5-9(13)6-11(12-4)8(10)3/h5-7,12H,1-4H3. The van der Waals surface area contributed by atoms with Crippen molar-refractivity contribution < 1.29 is 0 Å². The normalized spacial score (nSPS) is 10.6. The van der Waals surface area contributed by atoms with Gasteiger partial charge in [0.15, 0.2) is 7.28 Å². The van der Waals surface area contributed by atoms with Crippen LogP contribution in [0.2, 0.25) is 6.82 Å². The molecular formula is C11H16BBr. The van der Waals surface area contributed by atoms with Crippen LogP contribution in [-0.4, -0.2) is 7.28 Å². The van der Waals surface area contributed by atoms with Crippen LogP contribution >= 0.6 is 15.9 Å². The lowest BCUT2D eigenvalue weighted by Crippen LogP contribution is -2.17. The molecule has 0 amide bonds. The Morgan fingerprint density at radius 2 is 1.92 bits per heavy atom. The Bertz CT molecular complexity index is 305. The Labute approximate surface area is 90.1 Å². The number of halogens is 1. The maximum atomic E-state index is 3.56. The zero-order valence-electron chi connectivity index (χ0n) is 8.82. The lowest BCUT2D eigenvalue weighted by molar-refractivity contribution is 0.857. The summed E-state index contributed by atoms with van der Waals surface area (Å²) >= 11 is 3.56. The molecule has 13 heavy (non-hydrogen) atoms. The van der Waals surface area contributed by atoms with Crippen molar-refractivity contribution in [3.05, 3.63) is 27.7 Å². The van der Waals surface area contributed by atoms with Crippen LogP contribution in [0.5, 0.6) is 0 Å². The fourth-order valence-corrected chi connectivity index (χ4v) is 2.25. The summed E-state index contributed by atoms with van der Waals surface area (Å²) in [6, 6.07) is 4.46. The van der Waals surface area contributed by atoms with Gasteiger partial charge in [-0.1, -0.05) is 53.7 Å². The minimum atomic E-state index is 0.614. The van der Waals surface area contributed by atoms with Crippen LogP contribution in [0.15, 0.2) is 16.6 Å². The first-order valence-corrected chi connectivity index (χ1v) is 5.64. The van der Waals surface area contributed by atoms with Gasteiger partial charge in [0.2, 0.25) is 0 Å². The van der Waals surface area contributed by atoms with Crippen molar-refractivity contribution in [3.8, 4) is 0 Å². The van der Waals surface area contributed by atoms with Gasteiger partial charge in [-0.2, -0.15) is 0 Å². The van der Waals surface area contributed by atoms with Gasteiger partial charge in [-0.3, -0.25) is 0 Å². The molecule has 0 aliphatic heterocycles. The highest BCUT2D eigenvalue weighted by Crippen LogP contribution is 2.21. The van der Waals surface area contributed by atoms with E-state index in [4.69, 9.17) is 0 Å². The summed E-state index contributed by atoms with van der Waals surface area (Å²) in [5, 5.41) is 0. The van der Waals surface area contributed by atoms with Crippen LogP contribution in [-0.2, 0) is 0 Å². The maximum absolute atomic E-state index is 3.56. The Hall–Kier alpha value is -0.235. The highest BCUT2D eigenvalue weighted by Gasteiger charge is 2.07. The Morgan fingerprint density at radius 1 is 1.31 bits per heavy atom. The summed E-state index contributed by atoms with van der Waals surface area (Å²) in [6.45, 7) is 8.92. The van der Waals surface area contributed by atoms with E-state index in [0.29, 0.717) is 5.92 Å². The Balaban J connectivity index is 3.27. The van der Waals surface area contributed by atoms with Crippen LogP contribution in [0.3, 0.4) is 0 Å². The molecule has 0 aliphatic rings. The second kappa shape index (κ2) is 4.32. The fraction of sp³-hybridized carbons (Fsp3) is 0.455. The first kappa shape index (κ1) is 10.8. The van der Waals surface area contributed by atoms with Gasteiger partial charge >= 0.3 is 0 Å². The first-order chi connectivity index (χ1) is 6.06. The molecule has 0 spiro atoms. The Kier molecular flexibility index (Phi) is 3.60. The quantitative estimate of drug-likeness (QED) is 0.696. The van der Waals surface area contributed by atoms with E-state index < -0.39 is 0 Å². The average molecular weight is 239 g/mol. The molecule has 1 aromatic rings. The summed E-state index contributed by atoms with van der Waals surface area (Å²) in [7, 11) is 1.12. The third-order valence-corrected chi connectivity index (χ3v) is 2.98. The van der Waals surface area contributed by atoms with E-state index in [1.165, 1.54) is 21.1 Å². The molecule has 0 heterocycles. The van der Waals surface area contributed by atoms with Gasteiger partial charge in [-0.05, 0) is 24.5 Å². The maximum Gasteiger partial charge on any atom is 0.154 e. The van der Waals surface area contributed by atoms with Gasteiger partial charge < -0.3 is 0 Å². The molecule has 1 aromatic carbocycles. The Morgan fingerprint density at radius 3 is 2.38 bits per heavy atom. The fourth-order valence-electron chi connectivity index (χ4n) is 1.73. The molecule has 0 atom stereocenters. The minimum Gasteiger partial charge on any atom is -0.0849 e. The molecule has 0 fully saturated rings. The monoisotopic (exact) mass is 238 g/mol. The molecule has 0 unspecified atom stereocenters. The zero-order valence-corrected chi connectivity index (χ0v) is 10.4. The van der Waals surface area contributed by atoms with Crippen molar-refractivity contribution in [3.63, 3.8) is 0 Å². The molecule has 1 rings (SSSR count). The molecule has 0 bridgehead atoms. The van der Waals surface area contributed by atoms with Gasteiger partial charge in [-0.25, -0.2) is 0 Å². The third-order valence-electron chi connectivity index (χ3n) is 2.52. The SMILES string of the molecule is CBc1cc(Br)cc(C(C)C)c1C. The predicted molar refractivity (Wildman–Crippen MR) is 65.6 cm³/mol. The summed E-state index contributed by atoms with van der Waals surface area (Å²) in [5.74, 6) is 0.614. The average Bonchev–Trinajstić information content (AvgIpc) is 2.08. The largest absolute Gasteiger partial charge is 0.154 e. The number of hydrogen-bond donors (Lipinski definition) is 0. The molecule has 0 N–H and O–H groups in total. The molecule has 0 nitrogen and oxygen atoms in total. The predicted octanol–water partition coefficient (Wildman–Crippen LogP) is 2.99. The van der Waals surface area contributed by atoms with E-state index >= 15 is 0 Å². The molecule has 0 saturated carbocycles. The summed E-state index contributed by atoms with van der Waals surface area (Å²) in [4.78, 5) is 0. The molecule has 2 heteroatoms. The van der Waals surface area contributed by atoms with Crippen molar-refractivity contribution >= 4 is 28.7 Å². The van der Waals surface area contributed by atoms with Crippen LogP contribution in [0.25, 0.3) is 0 Å². The molecular weight excluding hydrogens is 223 g/mol. The van der Waals surface area contributed by atoms with Crippen LogP contribution in [0, 0.1) is 6.92 Å². The van der Waals surface area contributed by atoms with Gasteiger partial charge in [0.05, 0.1) is 0 Å². The summed E-state index contributed by atoms with van der Waals surface area (Å²) in [5.41, 5.74) is 4.38. The molecule has 0 aromatic heterocycles. The van der Waals surface area contributed by atoms with E-state index in [1.807, 2.05) is 0 Å². The molecule has 0 saturated heterocycles. The third kappa shape index (κ3) is 2.37. The molecule has 0 aliphatic carbocycles. The minimum absolute atomic E-state index is 0.614. The van der Waals surface area contributed by atoms with Crippen molar-refractivity contribution in [2.45, 2.75) is 33.5 Å². The van der Waals surface area contributed by atoms with Gasteiger partial charge in [0, 0.05) is 4.47 Å². The summed E-state index contributed by atoms with van der Waals surface area (Å²) in [6.07, 6.45) is 0. The van der Waals surface area contributed by atoms with Crippen LogP contribution in [0.1, 0.15) is 30.9 Å². The van der Waals surface area contributed by atoms with Gasteiger partial charge in [0.1, 0.15) is 0 Å². The van der Waals surface area contributed by atoms with Gasteiger partial charge in [0.25, 0.3) is 0 Å². The second-order valence-electron chi connectivity index (χ2n) is 3.79. The topological polar surface area (TPSA) is 0 Å². The van der Waals surface area contributed by atoms with E-state index in [9.17, 15) is 0 Å². The van der Waals surface area contributed by atoms with E-state index in [-0.39, 0.29) is 0 Å². The van der Waals surface area contributed by atoms with E-state index in [0.717, 1.165) is 7.28 Å². The smallest absolute Gasteiger partial charge is 0.0849 e. The van der Waals surface area contributed by atoms with Crippen molar-refractivity contribution in [1.29, 1.82) is 0 Å². The molecule has 70 valence electrons. The number of benzene rings is 1. The van der Waals surface area contributed by atoms with Crippen molar-refractivity contribution in [1.82, 2.24) is 0 Å². The zero-order chi connectivity index (χ0) is 10.0. The second-order valence-corrected chi connectivity index (χ2v) is 4.70. The van der Waals surface area contributed by atoms with Crippen LogP contribution < -0.4 is 5.46 Å². The van der Waals surface area contributed by atoms with Crippen molar-refractivity contribution in [2.24, 2.45) is 0 Å². The highest BCUT2D eigenvalue weighted by atomic mass is 79.9. The van der Waals surface area contributed by atoms with Crippen LogP contribution in [0.4, 0.5) is 0 Å². The lowest BCUT2D eigenvalue weighted by Gasteiger charge is -2.14. The van der Waals surface area contributed by atoms with E-state index in [1.54, 1.807) is 0 Å².